The molecular weight excluding hydrogens is 373 g/mol. The molecule has 0 aliphatic carbocycles. The normalized spacial score (nSPS) is 12.4. The molecule has 1 atom stereocenters. The molecule has 7 nitrogen and oxygen atoms in total. The molecule has 2 N–H and O–H groups in total. The van der Waals surface area contributed by atoms with Crippen molar-refractivity contribution in [3.63, 3.8) is 0 Å². The maximum atomic E-state index is 13.2. The number of hydrogen-bond acceptors (Lipinski definition) is 5. The number of aryl methyl sites for hydroxylation is 2. The number of ether oxygens (including phenoxy) is 1. The Morgan fingerprint density at radius 2 is 2.14 bits per heavy atom. The average molecular weight is 404 g/mol. The highest BCUT2D eigenvalue weighted by molar-refractivity contribution is 5.94. The third kappa shape index (κ3) is 7.75. The van der Waals surface area contributed by atoms with Crippen molar-refractivity contribution < 1.29 is 13.9 Å². The lowest BCUT2D eigenvalue weighted by atomic mass is 10.1. The van der Waals surface area contributed by atoms with Gasteiger partial charge < -0.3 is 20.4 Å². The van der Waals surface area contributed by atoms with Gasteiger partial charge in [-0.15, -0.1) is 0 Å². The maximum absolute atomic E-state index is 13.2. The fourth-order valence-electron chi connectivity index (χ4n) is 2.88. The number of carbonyl (C=O) groups excluding carboxylic acids is 1. The second-order valence-electron chi connectivity index (χ2n) is 6.65. The van der Waals surface area contributed by atoms with Gasteiger partial charge in [0, 0.05) is 33.3 Å². The van der Waals surface area contributed by atoms with E-state index in [4.69, 9.17) is 4.74 Å². The number of rotatable bonds is 12. The molecule has 158 valence electrons. The Bertz CT molecular complexity index is 789. The quantitative estimate of drug-likeness (QED) is 0.421. The molecular formula is C21H30FN5O2. The predicted octanol–water partition coefficient (Wildman–Crippen LogP) is 2.37. The molecule has 0 fully saturated rings. The van der Waals surface area contributed by atoms with Gasteiger partial charge >= 0.3 is 0 Å². The van der Waals surface area contributed by atoms with Crippen molar-refractivity contribution in [1.29, 1.82) is 0 Å². The van der Waals surface area contributed by atoms with Gasteiger partial charge in [0.1, 0.15) is 11.6 Å². The summed E-state index contributed by atoms with van der Waals surface area (Å²) in [5.74, 6) is 0.166. The summed E-state index contributed by atoms with van der Waals surface area (Å²) in [6.45, 7) is 3.60. The first kappa shape index (κ1) is 22.7. The highest BCUT2D eigenvalue weighted by atomic mass is 19.1. The summed E-state index contributed by atoms with van der Waals surface area (Å²) in [4.78, 5) is 16.9. The summed E-state index contributed by atoms with van der Waals surface area (Å²) in [6.07, 6.45) is 3.84. The van der Waals surface area contributed by atoms with Gasteiger partial charge in [0.15, 0.2) is 0 Å². The Kier molecular flexibility index (Phi) is 9.46. The standard InChI is InChI=1S/C21H30FN5O2/c1-4-29-13-12-24-19(14-16-7-9-17(22)10-8-16)21(28)25-20-15-18(26-27(20)3)6-5-11-23-2/h7-11,15,19,24H,4-6,12-14H2,1-3H3,(H,25,28). The van der Waals surface area contributed by atoms with E-state index in [0.717, 1.165) is 24.1 Å². The molecule has 0 aliphatic heterocycles. The van der Waals surface area contributed by atoms with E-state index in [1.54, 1.807) is 30.9 Å². The van der Waals surface area contributed by atoms with Gasteiger partial charge in [-0.3, -0.25) is 9.48 Å². The largest absolute Gasteiger partial charge is 0.380 e. The minimum Gasteiger partial charge on any atom is -0.380 e. The van der Waals surface area contributed by atoms with E-state index in [1.165, 1.54) is 12.1 Å². The number of nitrogens with zero attached hydrogens (tertiary/aromatic N) is 3. The highest BCUT2D eigenvalue weighted by Gasteiger charge is 2.20. The van der Waals surface area contributed by atoms with Crippen LogP contribution in [0.2, 0.25) is 0 Å². The summed E-state index contributed by atoms with van der Waals surface area (Å²) in [7, 11) is 3.54. The first-order valence-corrected chi connectivity index (χ1v) is 9.83. The Morgan fingerprint density at radius 3 is 2.83 bits per heavy atom. The van der Waals surface area contributed by atoms with Crippen molar-refractivity contribution in [3.8, 4) is 0 Å². The number of carbonyl (C=O) groups is 1. The van der Waals surface area contributed by atoms with Gasteiger partial charge in [0.05, 0.1) is 18.3 Å². The van der Waals surface area contributed by atoms with Crippen molar-refractivity contribution in [2.45, 2.75) is 32.2 Å². The number of aliphatic imine (C=N–C) groups is 1. The van der Waals surface area contributed by atoms with Crippen LogP contribution in [0.5, 0.6) is 0 Å². The molecule has 2 rings (SSSR count). The number of anilines is 1. The van der Waals surface area contributed by atoms with E-state index in [-0.39, 0.29) is 11.7 Å². The lowest BCUT2D eigenvalue weighted by Gasteiger charge is -2.18. The minimum absolute atomic E-state index is 0.171. The molecule has 2 aromatic rings. The topological polar surface area (TPSA) is 80.5 Å². The zero-order valence-electron chi connectivity index (χ0n) is 17.3. The Balaban J connectivity index is 2.04. The van der Waals surface area contributed by atoms with Crippen LogP contribution < -0.4 is 10.6 Å². The maximum Gasteiger partial charge on any atom is 0.242 e. The van der Waals surface area contributed by atoms with Gasteiger partial charge in [-0.05, 0) is 50.1 Å². The van der Waals surface area contributed by atoms with Crippen LogP contribution in [0.4, 0.5) is 10.2 Å². The number of aromatic nitrogens is 2. The van der Waals surface area contributed by atoms with Crippen molar-refractivity contribution in [1.82, 2.24) is 15.1 Å². The van der Waals surface area contributed by atoms with E-state index < -0.39 is 6.04 Å². The van der Waals surface area contributed by atoms with E-state index in [1.807, 2.05) is 19.2 Å². The van der Waals surface area contributed by atoms with Crippen LogP contribution in [0.25, 0.3) is 0 Å². The average Bonchev–Trinajstić information content (AvgIpc) is 3.05. The Morgan fingerprint density at radius 1 is 1.38 bits per heavy atom. The number of hydrogen-bond donors (Lipinski definition) is 2. The van der Waals surface area contributed by atoms with Gasteiger partial charge in [0.2, 0.25) is 5.91 Å². The van der Waals surface area contributed by atoms with Crippen LogP contribution in [0.15, 0.2) is 35.3 Å². The smallest absolute Gasteiger partial charge is 0.242 e. The molecule has 0 aliphatic rings. The molecule has 0 bridgehead atoms. The molecule has 29 heavy (non-hydrogen) atoms. The number of halogens is 1. The molecule has 1 aromatic carbocycles. The number of amides is 1. The monoisotopic (exact) mass is 403 g/mol. The van der Waals surface area contributed by atoms with E-state index >= 15 is 0 Å². The zero-order chi connectivity index (χ0) is 21.1. The second kappa shape index (κ2) is 12.1. The van der Waals surface area contributed by atoms with Gasteiger partial charge in [-0.1, -0.05) is 12.1 Å². The predicted molar refractivity (Wildman–Crippen MR) is 113 cm³/mol. The second-order valence-corrected chi connectivity index (χ2v) is 6.65. The fraction of sp³-hybridized carbons (Fsp3) is 0.476. The minimum atomic E-state index is -0.480. The van der Waals surface area contributed by atoms with E-state index in [0.29, 0.717) is 32.0 Å². The SMILES string of the molecule is CCOCCNC(Cc1ccc(F)cc1)C(=O)Nc1cc(CCC=NC)nn1C. The first-order chi connectivity index (χ1) is 14.0. The van der Waals surface area contributed by atoms with Crippen LogP contribution in [0.3, 0.4) is 0 Å². The van der Waals surface area contributed by atoms with Crippen LogP contribution in [0, 0.1) is 5.82 Å². The van der Waals surface area contributed by atoms with Crippen LogP contribution in [0.1, 0.15) is 24.6 Å². The van der Waals surface area contributed by atoms with Gasteiger partial charge in [-0.2, -0.15) is 5.10 Å². The lowest BCUT2D eigenvalue weighted by molar-refractivity contribution is -0.118. The fourth-order valence-corrected chi connectivity index (χ4v) is 2.88. The molecule has 0 saturated heterocycles. The van der Waals surface area contributed by atoms with E-state index in [9.17, 15) is 9.18 Å². The number of benzene rings is 1. The zero-order valence-corrected chi connectivity index (χ0v) is 17.3. The third-order valence-corrected chi connectivity index (χ3v) is 4.40. The van der Waals surface area contributed by atoms with Gasteiger partial charge in [-0.25, -0.2) is 4.39 Å². The molecule has 0 radical (unpaired) electrons. The molecule has 1 amide bonds. The molecule has 0 spiro atoms. The molecule has 1 unspecified atom stereocenters. The molecule has 1 aromatic heterocycles. The third-order valence-electron chi connectivity index (χ3n) is 4.40. The Labute approximate surface area is 171 Å². The van der Waals surface area contributed by atoms with Crippen LogP contribution in [-0.4, -0.2) is 54.8 Å². The van der Waals surface area contributed by atoms with Gasteiger partial charge in [0.25, 0.3) is 0 Å². The first-order valence-electron chi connectivity index (χ1n) is 9.83. The van der Waals surface area contributed by atoms with Crippen molar-refractivity contribution in [2.75, 3.05) is 32.1 Å². The summed E-state index contributed by atoms with van der Waals surface area (Å²) in [6, 6.07) is 7.58. The van der Waals surface area contributed by atoms with Crippen molar-refractivity contribution in [2.24, 2.45) is 12.0 Å². The van der Waals surface area contributed by atoms with E-state index in [2.05, 4.69) is 20.7 Å². The summed E-state index contributed by atoms with van der Waals surface area (Å²) >= 11 is 0. The molecule has 8 heteroatoms. The Hall–Kier alpha value is -2.58. The lowest BCUT2D eigenvalue weighted by Crippen LogP contribution is -2.43. The highest BCUT2D eigenvalue weighted by Crippen LogP contribution is 2.13. The number of nitrogens with one attached hydrogen (secondary N) is 2. The summed E-state index contributed by atoms with van der Waals surface area (Å²) in [5.41, 5.74) is 1.77. The van der Waals surface area contributed by atoms with Crippen molar-refractivity contribution in [3.05, 3.63) is 47.4 Å². The molecule has 1 heterocycles. The summed E-state index contributed by atoms with van der Waals surface area (Å²) < 4.78 is 20.2. The van der Waals surface area contributed by atoms with Crippen LogP contribution in [-0.2, 0) is 29.4 Å². The van der Waals surface area contributed by atoms with Crippen LogP contribution >= 0.6 is 0 Å². The van der Waals surface area contributed by atoms with Crippen molar-refractivity contribution >= 4 is 17.9 Å². The summed E-state index contributed by atoms with van der Waals surface area (Å²) in [5, 5.41) is 10.6. The molecule has 0 saturated carbocycles.